The van der Waals surface area contributed by atoms with E-state index in [0.29, 0.717) is 19.7 Å². The molecule has 96 valence electrons. The second-order valence-corrected chi connectivity index (χ2v) is 5.05. The fraction of sp³-hybridized carbons (Fsp3) is 1.00. The molecule has 16 heavy (non-hydrogen) atoms. The van der Waals surface area contributed by atoms with E-state index in [9.17, 15) is 21.6 Å². The van der Waals surface area contributed by atoms with Crippen LogP contribution in [-0.2, 0) is 19.0 Å². The average molecular weight is 263 g/mol. The molecule has 0 amide bonds. The Morgan fingerprint density at radius 3 is 2.62 bits per heavy atom. The second kappa shape index (κ2) is 4.86. The Morgan fingerprint density at radius 1 is 1.50 bits per heavy atom. The Labute approximate surface area is 91.2 Å². The van der Waals surface area contributed by atoms with E-state index in [2.05, 4.69) is 4.18 Å². The van der Waals surface area contributed by atoms with E-state index in [-0.39, 0.29) is 0 Å². The number of hydrogen-bond donors (Lipinski definition) is 0. The van der Waals surface area contributed by atoms with Gasteiger partial charge in [-0.25, -0.2) is 0 Å². The van der Waals surface area contributed by atoms with Crippen LogP contribution in [-0.4, -0.2) is 58.3 Å². The molecule has 1 saturated heterocycles. The van der Waals surface area contributed by atoms with Gasteiger partial charge in [0, 0.05) is 13.1 Å². The topological polar surface area (TPSA) is 55.8 Å². The Hall–Kier alpha value is -0.380. The summed E-state index contributed by atoms with van der Waals surface area (Å²) in [5.41, 5.74) is -5.38. The Morgan fingerprint density at radius 2 is 2.12 bits per heavy atom. The number of alkyl halides is 3. The SMILES string of the molecule is CN1CCOC(COS(=O)(=O)C(F)(F)F)C1. The molecule has 1 unspecified atom stereocenters. The van der Waals surface area contributed by atoms with Crippen molar-refractivity contribution in [2.45, 2.75) is 11.6 Å². The molecule has 1 rings (SSSR count). The number of halogens is 3. The lowest BCUT2D eigenvalue weighted by Gasteiger charge is -2.29. The quantitative estimate of drug-likeness (QED) is 0.537. The first-order valence-electron chi connectivity index (χ1n) is 4.48. The van der Waals surface area contributed by atoms with Crippen molar-refractivity contribution in [2.75, 3.05) is 33.4 Å². The van der Waals surface area contributed by atoms with E-state index in [4.69, 9.17) is 4.74 Å². The van der Waals surface area contributed by atoms with Crippen LogP contribution in [0.1, 0.15) is 0 Å². The fourth-order valence-corrected chi connectivity index (χ4v) is 1.66. The maximum absolute atomic E-state index is 11.9. The van der Waals surface area contributed by atoms with Gasteiger partial charge in [-0.2, -0.15) is 21.6 Å². The van der Waals surface area contributed by atoms with Crippen LogP contribution in [0.15, 0.2) is 0 Å². The summed E-state index contributed by atoms with van der Waals surface area (Å²) in [6, 6.07) is 0. The summed E-state index contributed by atoms with van der Waals surface area (Å²) in [4.78, 5) is 1.82. The maximum Gasteiger partial charge on any atom is 0.523 e. The number of morpholine rings is 1. The van der Waals surface area contributed by atoms with Crippen molar-refractivity contribution < 1.29 is 30.5 Å². The van der Waals surface area contributed by atoms with Gasteiger partial charge in [0.15, 0.2) is 0 Å². The number of likely N-dealkylation sites (N-methyl/N-ethyl adjacent to an activating group) is 1. The van der Waals surface area contributed by atoms with Gasteiger partial charge in [0.25, 0.3) is 0 Å². The third kappa shape index (κ3) is 3.58. The summed E-state index contributed by atoms with van der Waals surface area (Å²) in [6.45, 7) is 0.721. The summed E-state index contributed by atoms with van der Waals surface area (Å²) in [5.74, 6) is 0. The van der Waals surface area contributed by atoms with Crippen molar-refractivity contribution in [3.63, 3.8) is 0 Å². The van der Waals surface area contributed by atoms with Crippen LogP contribution in [0.3, 0.4) is 0 Å². The van der Waals surface area contributed by atoms with Gasteiger partial charge in [-0.3, -0.25) is 4.18 Å². The highest BCUT2D eigenvalue weighted by molar-refractivity contribution is 7.87. The normalized spacial score (nSPS) is 24.6. The average Bonchev–Trinajstić information content (AvgIpc) is 2.13. The van der Waals surface area contributed by atoms with Gasteiger partial charge in [0.2, 0.25) is 0 Å². The number of rotatable bonds is 3. The van der Waals surface area contributed by atoms with Crippen molar-refractivity contribution in [1.82, 2.24) is 4.90 Å². The molecule has 0 radical (unpaired) electrons. The van der Waals surface area contributed by atoms with Gasteiger partial charge >= 0.3 is 15.6 Å². The van der Waals surface area contributed by atoms with Crippen LogP contribution in [0.2, 0.25) is 0 Å². The van der Waals surface area contributed by atoms with Crippen molar-refractivity contribution in [3.8, 4) is 0 Å². The maximum atomic E-state index is 11.9. The van der Waals surface area contributed by atoms with Crippen LogP contribution >= 0.6 is 0 Å². The van der Waals surface area contributed by atoms with E-state index in [1.807, 2.05) is 4.90 Å². The zero-order chi connectivity index (χ0) is 12.4. The largest absolute Gasteiger partial charge is 0.523 e. The molecule has 1 fully saturated rings. The van der Waals surface area contributed by atoms with Gasteiger partial charge in [0.05, 0.1) is 19.3 Å². The summed E-state index contributed by atoms with van der Waals surface area (Å²) in [5, 5.41) is 0. The Balaban J connectivity index is 2.46. The standard InChI is InChI=1S/C7H12F3NO4S/c1-11-2-3-14-6(4-11)5-15-16(12,13)7(8,9)10/h6H,2-5H2,1H3. The van der Waals surface area contributed by atoms with Crippen molar-refractivity contribution in [2.24, 2.45) is 0 Å². The molecule has 0 aromatic heterocycles. The first-order valence-corrected chi connectivity index (χ1v) is 5.89. The minimum absolute atomic E-state index is 0.341. The molecule has 1 atom stereocenters. The predicted octanol–water partition coefficient (Wildman–Crippen LogP) is 0.183. The van der Waals surface area contributed by atoms with Crippen LogP contribution < -0.4 is 0 Å². The summed E-state index contributed by atoms with van der Waals surface area (Å²) >= 11 is 0. The summed E-state index contributed by atoms with van der Waals surface area (Å²) in [6.07, 6.45) is -0.657. The van der Waals surface area contributed by atoms with Crippen molar-refractivity contribution in [1.29, 1.82) is 0 Å². The second-order valence-electron chi connectivity index (χ2n) is 3.44. The van der Waals surface area contributed by atoms with E-state index in [1.165, 1.54) is 0 Å². The molecule has 0 aromatic carbocycles. The molecule has 0 saturated carbocycles. The minimum Gasteiger partial charge on any atom is -0.373 e. The lowest BCUT2D eigenvalue weighted by atomic mass is 10.3. The van der Waals surface area contributed by atoms with Crippen LogP contribution in [0.25, 0.3) is 0 Å². The third-order valence-electron chi connectivity index (χ3n) is 2.03. The fourth-order valence-electron chi connectivity index (χ4n) is 1.20. The zero-order valence-corrected chi connectivity index (χ0v) is 9.34. The van der Waals surface area contributed by atoms with Gasteiger partial charge in [-0.15, -0.1) is 0 Å². The lowest BCUT2D eigenvalue weighted by Crippen LogP contribution is -2.43. The van der Waals surface area contributed by atoms with Crippen LogP contribution in [0.4, 0.5) is 13.2 Å². The molecule has 1 heterocycles. The molecule has 0 aromatic rings. The van der Waals surface area contributed by atoms with Crippen LogP contribution in [0.5, 0.6) is 0 Å². The monoisotopic (exact) mass is 263 g/mol. The van der Waals surface area contributed by atoms with E-state index in [1.54, 1.807) is 7.05 Å². The Bertz CT molecular complexity index is 329. The number of hydrogen-bond acceptors (Lipinski definition) is 5. The predicted molar refractivity (Wildman–Crippen MR) is 48.2 cm³/mol. The molecular formula is C7H12F3NO4S. The van der Waals surface area contributed by atoms with E-state index < -0.39 is 28.3 Å². The van der Waals surface area contributed by atoms with E-state index in [0.717, 1.165) is 0 Å². The lowest BCUT2D eigenvalue weighted by molar-refractivity contribution is -0.0668. The highest BCUT2D eigenvalue weighted by atomic mass is 32.2. The molecule has 0 bridgehead atoms. The molecule has 0 N–H and O–H groups in total. The minimum atomic E-state index is -5.51. The van der Waals surface area contributed by atoms with Gasteiger partial charge in [0.1, 0.15) is 0 Å². The highest BCUT2D eigenvalue weighted by Crippen LogP contribution is 2.24. The molecule has 0 spiro atoms. The molecular weight excluding hydrogens is 251 g/mol. The number of ether oxygens (including phenoxy) is 1. The van der Waals surface area contributed by atoms with Crippen molar-refractivity contribution >= 4 is 10.1 Å². The smallest absolute Gasteiger partial charge is 0.373 e. The highest BCUT2D eigenvalue weighted by Gasteiger charge is 2.47. The molecule has 1 aliphatic rings. The van der Waals surface area contributed by atoms with Crippen molar-refractivity contribution in [3.05, 3.63) is 0 Å². The van der Waals surface area contributed by atoms with Gasteiger partial charge in [-0.1, -0.05) is 0 Å². The van der Waals surface area contributed by atoms with Crippen LogP contribution in [0, 0.1) is 0 Å². The Kier molecular flexibility index (Phi) is 4.16. The third-order valence-corrected chi connectivity index (χ3v) is 3.05. The van der Waals surface area contributed by atoms with Gasteiger partial charge in [-0.05, 0) is 7.05 Å². The molecule has 9 heteroatoms. The zero-order valence-electron chi connectivity index (χ0n) is 8.53. The number of nitrogens with zero attached hydrogens (tertiary/aromatic N) is 1. The first-order chi connectivity index (χ1) is 7.22. The molecule has 0 aliphatic carbocycles. The molecule has 1 aliphatic heterocycles. The molecule has 5 nitrogen and oxygen atoms in total. The first kappa shape index (κ1) is 13.7. The van der Waals surface area contributed by atoms with Gasteiger partial charge < -0.3 is 9.64 Å². The van der Waals surface area contributed by atoms with E-state index >= 15 is 0 Å². The summed E-state index contributed by atoms with van der Waals surface area (Å²) in [7, 11) is -3.76. The summed E-state index contributed by atoms with van der Waals surface area (Å²) < 4.78 is 65.8.